The number of carboxylic acids is 1. The van der Waals surface area contributed by atoms with Crippen molar-refractivity contribution in [3.63, 3.8) is 0 Å². The number of phosphoric ester groups is 1. The van der Waals surface area contributed by atoms with Crippen molar-refractivity contribution in [1.82, 2.24) is 0 Å². The number of carbonyl (C=O) groups excluding carboxylic acids is 2. The molecule has 0 rings (SSSR count). The van der Waals surface area contributed by atoms with Crippen molar-refractivity contribution >= 4 is 25.5 Å². The first-order valence-corrected chi connectivity index (χ1v) is 23.1. The van der Waals surface area contributed by atoms with E-state index in [0.29, 0.717) is 19.3 Å². The highest BCUT2D eigenvalue weighted by atomic mass is 31.2. The molecule has 12 heteroatoms. The minimum absolute atomic E-state index is 0.00473. The first-order valence-electron chi connectivity index (χ1n) is 21.6. The summed E-state index contributed by atoms with van der Waals surface area (Å²) in [5.41, 5.74) is 5.37. The lowest BCUT2D eigenvalue weighted by Gasteiger charge is -2.26. The number of ether oxygens (including phenoxy) is 1. The lowest BCUT2D eigenvalue weighted by molar-refractivity contribution is -0.161. The molecule has 2 unspecified atom stereocenters. The summed E-state index contributed by atoms with van der Waals surface area (Å²) in [4.78, 5) is 47.2. The zero-order valence-corrected chi connectivity index (χ0v) is 35.8. The van der Waals surface area contributed by atoms with E-state index in [1.165, 1.54) is 83.5 Å². The summed E-state index contributed by atoms with van der Waals surface area (Å²) in [5.74, 6) is -2.79. The fourth-order valence-corrected chi connectivity index (χ4v) is 6.86. The van der Waals surface area contributed by atoms with Gasteiger partial charge >= 0.3 is 19.8 Å². The van der Waals surface area contributed by atoms with E-state index in [9.17, 15) is 28.9 Å². The third-order valence-electron chi connectivity index (χ3n) is 9.33. The molecule has 0 saturated heterocycles. The van der Waals surface area contributed by atoms with Crippen LogP contribution < -0.4 is 5.73 Å². The molecule has 0 fully saturated rings. The summed E-state index contributed by atoms with van der Waals surface area (Å²) in [5, 5.41) is 19.0. The number of allylic oxidation sites excluding steroid dienone is 8. The number of esters is 1. The van der Waals surface area contributed by atoms with Crippen molar-refractivity contribution in [1.29, 1.82) is 0 Å². The van der Waals surface area contributed by atoms with Gasteiger partial charge in [0, 0.05) is 12.8 Å². The van der Waals surface area contributed by atoms with Crippen LogP contribution >= 0.6 is 7.82 Å². The van der Waals surface area contributed by atoms with Gasteiger partial charge in [0.15, 0.2) is 18.0 Å². The molecular weight excluding hydrogens is 733 g/mol. The lowest BCUT2D eigenvalue weighted by Crippen LogP contribution is -2.42. The molecule has 0 bridgehead atoms. The second kappa shape index (κ2) is 38.1. The van der Waals surface area contributed by atoms with Crippen LogP contribution in [0, 0.1) is 0 Å². The van der Waals surface area contributed by atoms with Gasteiger partial charge < -0.3 is 25.6 Å². The molecule has 0 heterocycles. The third-order valence-corrected chi connectivity index (χ3v) is 10.3. The quantitative estimate of drug-likeness (QED) is 0.0200. The molecule has 0 radical (unpaired) electrons. The van der Waals surface area contributed by atoms with Crippen molar-refractivity contribution in [2.24, 2.45) is 5.73 Å². The molecule has 0 saturated carbocycles. The van der Waals surface area contributed by atoms with Crippen molar-refractivity contribution < 1.29 is 47.8 Å². The highest BCUT2D eigenvalue weighted by molar-refractivity contribution is 7.47. The van der Waals surface area contributed by atoms with Gasteiger partial charge in [-0.25, -0.2) is 4.57 Å². The Morgan fingerprint density at radius 1 is 0.625 bits per heavy atom. The molecular formula is C44H78NO10P. The topological polar surface area (TPSA) is 183 Å². The predicted octanol–water partition coefficient (Wildman–Crippen LogP) is 10.8. The van der Waals surface area contributed by atoms with Gasteiger partial charge in [-0.2, -0.15) is 0 Å². The predicted molar refractivity (Wildman–Crippen MR) is 226 cm³/mol. The van der Waals surface area contributed by atoms with Gasteiger partial charge in [-0.15, -0.1) is 0 Å². The number of Topliss-reactive ketones (excluding diaryl/α,β-unsaturated/α-hetero) is 1. The van der Waals surface area contributed by atoms with E-state index in [2.05, 4.69) is 50.3 Å². The van der Waals surface area contributed by atoms with Crippen LogP contribution in [0.1, 0.15) is 181 Å². The fourth-order valence-electron chi connectivity index (χ4n) is 5.91. The molecule has 0 aliphatic rings. The van der Waals surface area contributed by atoms with Gasteiger partial charge in [-0.1, -0.05) is 165 Å². The summed E-state index contributed by atoms with van der Waals surface area (Å²) < 4.78 is 27.9. The number of hydrogen-bond donors (Lipinski definition) is 4. The minimum atomic E-state index is -5.02. The van der Waals surface area contributed by atoms with Gasteiger partial charge in [0.25, 0.3) is 0 Å². The molecule has 11 nitrogen and oxygen atoms in total. The molecule has 0 spiro atoms. The monoisotopic (exact) mass is 812 g/mol. The first-order chi connectivity index (χ1) is 27.1. The number of aliphatic carboxylic acids is 1. The van der Waals surface area contributed by atoms with Gasteiger partial charge in [-0.3, -0.25) is 23.4 Å². The van der Waals surface area contributed by atoms with E-state index < -0.39 is 57.0 Å². The molecule has 4 atom stereocenters. The first kappa shape index (κ1) is 53.6. The summed E-state index contributed by atoms with van der Waals surface area (Å²) in [7, 11) is -5.02. The van der Waals surface area contributed by atoms with Crippen molar-refractivity contribution in [3.05, 3.63) is 48.6 Å². The zero-order chi connectivity index (χ0) is 41.5. The maximum absolute atomic E-state index is 13.3. The van der Waals surface area contributed by atoms with Gasteiger partial charge in [0.2, 0.25) is 0 Å². The van der Waals surface area contributed by atoms with Gasteiger partial charge in [0.1, 0.15) is 6.04 Å². The molecule has 0 aliphatic heterocycles. The maximum atomic E-state index is 13.3. The molecule has 0 aromatic rings. The Balaban J connectivity index is 4.73. The average molecular weight is 812 g/mol. The molecule has 0 aromatic carbocycles. The van der Waals surface area contributed by atoms with Crippen LogP contribution in [0.5, 0.6) is 0 Å². The summed E-state index contributed by atoms with van der Waals surface area (Å²) in [6.07, 6.45) is 39.4. The maximum Gasteiger partial charge on any atom is 0.473 e. The van der Waals surface area contributed by atoms with E-state index in [0.717, 1.165) is 51.4 Å². The van der Waals surface area contributed by atoms with Crippen molar-refractivity contribution in [2.45, 2.75) is 199 Å². The van der Waals surface area contributed by atoms with Crippen LogP contribution in [-0.4, -0.2) is 64.3 Å². The highest BCUT2D eigenvalue weighted by Gasteiger charge is 2.39. The van der Waals surface area contributed by atoms with Crippen LogP contribution in [0.2, 0.25) is 0 Å². The van der Waals surface area contributed by atoms with E-state index in [4.69, 9.17) is 24.6 Å². The van der Waals surface area contributed by atoms with Crippen LogP contribution in [0.3, 0.4) is 0 Å². The second-order valence-electron chi connectivity index (χ2n) is 14.6. The zero-order valence-electron chi connectivity index (χ0n) is 34.9. The molecule has 0 aliphatic carbocycles. The number of ketones is 1. The Morgan fingerprint density at radius 2 is 1.05 bits per heavy atom. The summed E-state index contributed by atoms with van der Waals surface area (Å²) in [6.45, 7) is 2.74. The molecule has 0 amide bonds. The number of hydrogen-bond acceptors (Lipinski definition) is 9. The van der Waals surface area contributed by atoms with Crippen LogP contribution in [-0.2, 0) is 32.7 Å². The van der Waals surface area contributed by atoms with E-state index in [-0.39, 0.29) is 12.8 Å². The number of aliphatic hydroxyl groups excluding tert-OH is 1. The largest absolute Gasteiger partial charge is 0.480 e. The van der Waals surface area contributed by atoms with Crippen LogP contribution in [0.15, 0.2) is 48.6 Å². The van der Waals surface area contributed by atoms with Gasteiger partial charge in [-0.05, 0) is 51.4 Å². The van der Waals surface area contributed by atoms with Crippen LogP contribution in [0.4, 0.5) is 0 Å². The Hall–Kier alpha value is -2.40. The lowest BCUT2D eigenvalue weighted by atomic mass is 10.0. The van der Waals surface area contributed by atoms with E-state index in [1.807, 2.05) is 12.2 Å². The Kier molecular flexibility index (Phi) is 36.5. The normalized spacial score (nSPS) is 14.9. The number of rotatable bonds is 40. The second-order valence-corrected chi connectivity index (χ2v) is 16.0. The minimum Gasteiger partial charge on any atom is -0.480 e. The number of phosphoric acid groups is 1. The molecule has 56 heavy (non-hydrogen) atoms. The van der Waals surface area contributed by atoms with Crippen LogP contribution in [0.25, 0.3) is 0 Å². The highest BCUT2D eigenvalue weighted by Crippen LogP contribution is 2.45. The van der Waals surface area contributed by atoms with Crippen molar-refractivity contribution in [2.75, 3.05) is 13.2 Å². The van der Waals surface area contributed by atoms with E-state index >= 15 is 0 Å². The Bertz CT molecular complexity index is 1150. The number of unbranched alkanes of at least 4 members (excludes halogenated alkanes) is 18. The number of carboxylic acid groups (broad SMARTS) is 1. The molecule has 5 N–H and O–H groups in total. The number of nitrogens with two attached hydrogens (primary N) is 1. The fraction of sp³-hybridized carbons (Fsp3) is 0.750. The standard InChI is InChI=1S/C44H78NO10P/c1-3-5-7-9-11-13-15-17-19-20-22-24-26-28-30-32-34-36-42(48)54-41(37-46)43(55-56(51,52)53-38-39(45)44(49)50)40(47)35-33-31-29-27-25-23-21-18-16-14-12-10-8-6-4-2/h11,13,17,19,22,24,28,30,39,41,43,46H,3-10,12,14-16,18,20-21,23,25-27,29,31-38,45H2,1-2H3,(H,49,50)(H,51,52)/b13-11-,19-17-,24-22-,30-28-/t39-,41-,43?/m0/s1. The SMILES string of the molecule is CCCCC/C=C\C/C=C\C/C=C\C/C=C\CCCC(=O)O[C@@H](CO)C(OP(=O)(O)OC[C@H](N)C(=O)O)C(=O)CCCCCCCCCCCCCCCCC. The number of carbonyl (C=O) groups is 3. The molecule has 0 aromatic heterocycles. The smallest absolute Gasteiger partial charge is 0.473 e. The summed E-state index contributed by atoms with van der Waals surface area (Å²) in [6, 6.07) is -1.61. The van der Waals surface area contributed by atoms with Crippen molar-refractivity contribution in [3.8, 4) is 0 Å². The van der Waals surface area contributed by atoms with Gasteiger partial charge in [0.05, 0.1) is 13.2 Å². The Morgan fingerprint density at radius 3 is 1.52 bits per heavy atom. The average Bonchev–Trinajstić information content (AvgIpc) is 3.17. The van der Waals surface area contributed by atoms with E-state index in [1.54, 1.807) is 0 Å². The third kappa shape index (κ3) is 33.7. The molecule has 324 valence electrons. The number of aliphatic hydroxyl groups is 1. The Labute approximate surface area is 339 Å². The summed E-state index contributed by atoms with van der Waals surface area (Å²) >= 11 is 0.